The van der Waals surface area contributed by atoms with Crippen LogP contribution in [0.3, 0.4) is 0 Å². The molecule has 2 heterocycles. The average Bonchev–Trinajstić information content (AvgIpc) is 2.63. The minimum atomic E-state index is -0.787. The van der Waals surface area contributed by atoms with E-state index in [0.717, 1.165) is 5.56 Å². The lowest BCUT2D eigenvalue weighted by atomic mass is 9.95. The number of ether oxygens (including phenoxy) is 5. The number of amides is 1. The molecule has 0 spiro atoms. The van der Waals surface area contributed by atoms with Crippen molar-refractivity contribution < 1.29 is 33.3 Å². The molecule has 1 N–H and O–H groups in total. The van der Waals surface area contributed by atoms with E-state index in [1.165, 1.54) is 21.0 Å². The Hall–Kier alpha value is -2.00. The van der Waals surface area contributed by atoms with Gasteiger partial charge in [-0.15, -0.1) is 0 Å². The summed E-state index contributed by atoms with van der Waals surface area (Å²) < 4.78 is 28.5. The first-order valence-corrected chi connectivity index (χ1v) is 8.44. The average molecular weight is 365 g/mol. The lowest BCUT2D eigenvalue weighted by molar-refractivity contribution is -0.341. The molecule has 2 saturated heterocycles. The molecule has 8 heteroatoms. The molecule has 1 aromatic carbocycles. The van der Waals surface area contributed by atoms with Gasteiger partial charge in [0, 0.05) is 26.5 Å². The fraction of sp³-hybridized carbons (Fsp3) is 0.556. The van der Waals surface area contributed by atoms with E-state index >= 15 is 0 Å². The molecule has 3 rings (SSSR count). The first-order chi connectivity index (χ1) is 12.5. The number of esters is 1. The van der Waals surface area contributed by atoms with Crippen LogP contribution >= 0.6 is 0 Å². The van der Waals surface area contributed by atoms with Crippen LogP contribution in [0.2, 0.25) is 0 Å². The Balaban J connectivity index is 1.86. The van der Waals surface area contributed by atoms with Crippen molar-refractivity contribution in [1.29, 1.82) is 0 Å². The third-order valence-corrected chi connectivity index (χ3v) is 4.31. The van der Waals surface area contributed by atoms with Crippen molar-refractivity contribution in [3.05, 3.63) is 35.9 Å². The third-order valence-electron chi connectivity index (χ3n) is 4.31. The Labute approximate surface area is 151 Å². The first-order valence-electron chi connectivity index (χ1n) is 8.44. The molecule has 8 nitrogen and oxygen atoms in total. The van der Waals surface area contributed by atoms with Gasteiger partial charge in [-0.2, -0.15) is 0 Å². The van der Waals surface area contributed by atoms with Crippen molar-refractivity contribution >= 4 is 11.9 Å². The van der Waals surface area contributed by atoms with E-state index in [-0.39, 0.29) is 12.5 Å². The zero-order valence-corrected chi connectivity index (χ0v) is 14.9. The number of carbonyl (C=O) groups excluding carboxylic acids is 2. The van der Waals surface area contributed by atoms with Crippen LogP contribution in [-0.2, 0) is 33.3 Å². The van der Waals surface area contributed by atoms with Crippen LogP contribution in [0.25, 0.3) is 0 Å². The molecule has 1 amide bonds. The van der Waals surface area contributed by atoms with E-state index in [9.17, 15) is 9.59 Å². The van der Waals surface area contributed by atoms with Crippen LogP contribution in [0.5, 0.6) is 0 Å². The van der Waals surface area contributed by atoms with E-state index in [1.807, 2.05) is 30.3 Å². The summed E-state index contributed by atoms with van der Waals surface area (Å²) in [5, 5.41) is 2.74. The Morgan fingerprint density at radius 3 is 2.50 bits per heavy atom. The third kappa shape index (κ3) is 4.04. The molecule has 0 aliphatic carbocycles. The van der Waals surface area contributed by atoms with Crippen LogP contribution in [-0.4, -0.2) is 56.2 Å². The molecule has 142 valence electrons. The fourth-order valence-corrected chi connectivity index (χ4v) is 3.27. The molecule has 2 aliphatic heterocycles. The highest BCUT2D eigenvalue weighted by atomic mass is 16.7. The van der Waals surface area contributed by atoms with Gasteiger partial charge in [-0.1, -0.05) is 30.3 Å². The van der Waals surface area contributed by atoms with E-state index in [0.29, 0.717) is 0 Å². The number of fused-ring (bicyclic) bond motifs is 1. The van der Waals surface area contributed by atoms with Gasteiger partial charge in [-0.05, 0) is 0 Å². The number of benzene rings is 1. The Morgan fingerprint density at radius 2 is 1.88 bits per heavy atom. The zero-order chi connectivity index (χ0) is 18.7. The second-order valence-electron chi connectivity index (χ2n) is 6.26. The normalized spacial score (nSPS) is 33.8. The van der Waals surface area contributed by atoms with Gasteiger partial charge in [0.1, 0.15) is 18.2 Å². The first kappa shape index (κ1) is 18.8. The quantitative estimate of drug-likeness (QED) is 0.793. The lowest BCUT2D eigenvalue weighted by Gasteiger charge is -2.48. The van der Waals surface area contributed by atoms with Crippen molar-refractivity contribution in [2.75, 3.05) is 13.7 Å². The van der Waals surface area contributed by atoms with E-state index in [1.54, 1.807) is 0 Å². The molecular formula is C18H23NO7. The second kappa shape index (κ2) is 8.13. The number of nitrogens with one attached hydrogen (secondary N) is 1. The summed E-state index contributed by atoms with van der Waals surface area (Å²) in [6, 6.07) is 8.75. The van der Waals surface area contributed by atoms with Crippen molar-refractivity contribution in [3.63, 3.8) is 0 Å². The summed E-state index contributed by atoms with van der Waals surface area (Å²) >= 11 is 0. The molecule has 2 aliphatic rings. The van der Waals surface area contributed by atoms with Crippen LogP contribution < -0.4 is 5.32 Å². The molecular weight excluding hydrogens is 342 g/mol. The Bertz CT molecular complexity index is 638. The number of rotatable bonds is 4. The van der Waals surface area contributed by atoms with Crippen molar-refractivity contribution in [1.82, 2.24) is 5.32 Å². The second-order valence-corrected chi connectivity index (χ2v) is 6.26. The molecule has 4 unspecified atom stereocenters. The highest BCUT2D eigenvalue weighted by Gasteiger charge is 2.52. The number of carbonyl (C=O) groups is 2. The smallest absolute Gasteiger partial charge is 0.303 e. The Kier molecular flexibility index (Phi) is 5.87. The summed E-state index contributed by atoms with van der Waals surface area (Å²) in [6.45, 7) is 2.93. The van der Waals surface area contributed by atoms with Gasteiger partial charge in [0.25, 0.3) is 0 Å². The highest BCUT2D eigenvalue weighted by Crippen LogP contribution is 2.35. The maximum atomic E-state index is 11.7. The maximum Gasteiger partial charge on any atom is 0.303 e. The van der Waals surface area contributed by atoms with Gasteiger partial charge in [0.15, 0.2) is 18.7 Å². The summed E-state index contributed by atoms with van der Waals surface area (Å²) in [5.41, 5.74) is 0.845. The molecule has 1 aromatic rings. The number of methoxy groups -OCH3 is 1. The van der Waals surface area contributed by atoms with Gasteiger partial charge in [0.2, 0.25) is 5.91 Å². The van der Waals surface area contributed by atoms with E-state index in [2.05, 4.69) is 5.32 Å². The summed E-state index contributed by atoms with van der Waals surface area (Å²) in [4.78, 5) is 23.3. The van der Waals surface area contributed by atoms with Gasteiger partial charge >= 0.3 is 5.97 Å². The highest BCUT2D eigenvalue weighted by molar-refractivity contribution is 5.73. The predicted octanol–water partition coefficient (Wildman–Crippen LogP) is 0.908. The molecule has 0 radical (unpaired) electrons. The van der Waals surface area contributed by atoms with Gasteiger partial charge in [-0.3, -0.25) is 9.59 Å². The summed E-state index contributed by atoms with van der Waals surface area (Å²) in [6.07, 6.45) is -3.27. The van der Waals surface area contributed by atoms with Crippen molar-refractivity contribution in [3.8, 4) is 0 Å². The molecule has 26 heavy (non-hydrogen) atoms. The molecule has 0 aromatic heterocycles. The van der Waals surface area contributed by atoms with Crippen molar-refractivity contribution in [2.45, 2.75) is 50.8 Å². The SMILES string of the molecule is CO[C@H]1OC2COC(c3ccccc3)O[C@H]2C(OC(C)=O)C1NC(C)=O. The number of hydrogen-bond donors (Lipinski definition) is 1. The minimum absolute atomic E-state index is 0.245. The maximum absolute atomic E-state index is 11.7. The standard InChI is InChI=1S/C18H23NO7/c1-10(20)19-14-16(24-11(2)21)15-13(25-18(14)22-3)9-23-17(26-15)12-7-5-4-6-8-12/h4-8,13-18H,9H2,1-3H3,(H,19,20)/t13?,14?,15-,16?,17?,18+/m1/s1. The van der Waals surface area contributed by atoms with Crippen LogP contribution in [0, 0.1) is 0 Å². The van der Waals surface area contributed by atoms with Gasteiger partial charge in [-0.25, -0.2) is 0 Å². The predicted molar refractivity (Wildman–Crippen MR) is 88.8 cm³/mol. The number of hydrogen-bond acceptors (Lipinski definition) is 7. The molecule has 0 saturated carbocycles. The lowest BCUT2D eigenvalue weighted by Crippen LogP contribution is -2.67. The van der Waals surface area contributed by atoms with Gasteiger partial charge in [0.05, 0.1) is 6.61 Å². The minimum Gasteiger partial charge on any atom is -0.457 e. The van der Waals surface area contributed by atoms with Crippen LogP contribution in [0.1, 0.15) is 25.7 Å². The monoisotopic (exact) mass is 365 g/mol. The Morgan fingerprint density at radius 1 is 1.15 bits per heavy atom. The molecule has 0 bridgehead atoms. The topological polar surface area (TPSA) is 92.3 Å². The van der Waals surface area contributed by atoms with Crippen molar-refractivity contribution in [2.24, 2.45) is 0 Å². The van der Waals surface area contributed by atoms with Crippen LogP contribution in [0.4, 0.5) is 0 Å². The van der Waals surface area contributed by atoms with Crippen LogP contribution in [0.15, 0.2) is 30.3 Å². The van der Waals surface area contributed by atoms with E-state index in [4.69, 9.17) is 23.7 Å². The largest absolute Gasteiger partial charge is 0.457 e. The fourth-order valence-electron chi connectivity index (χ4n) is 3.27. The molecule has 2 fully saturated rings. The molecule has 6 atom stereocenters. The van der Waals surface area contributed by atoms with Gasteiger partial charge < -0.3 is 29.0 Å². The summed E-state index contributed by atoms with van der Waals surface area (Å²) in [7, 11) is 1.46. The van der Waals surface area contributed by atoms with E-state index < -0.39 is 42.9 Å². The zero-order valence-electron chi connectivity index (χ0n) is 14.9. The summed E-state index contributed by atoms with van der Waals surface area (Å²) in [5.74, 6) is -0.768.